The number of alkyl halides is 4. The first-order valence-electron chi connectivity index (χ1n) is 12.4. The van der Waals surface area contributed by atoms with Crippen LogP contribution in [-0.4, -0.2) is 6.11 Å². The molecule has 4 aromatic rings. The quantitative estimate of drug-likeness (QED) is 0.170. The van der Waals surface area contributed by atoms with Crippen LogP contribution in [0.4, 0.5) is 39.5 Å². The molecule has 4 rings (SSSR count). The molecule has 0 aliphatic rings. The van der Waals surface area contributed by atoms with Gasteiger partial charge in [-0.25, -0.2) is 13.2 Å². The molecule has 0 heterocycles. The van der Waals surface area contributed by atoms with E-state index in [0.29, 0.717) is 30.2 Å². The molecular weight excluding hydrogens is 575 g/mol. The van der Waals surface area contributed by atoms with E-state index < -0.39 is 58.9 Å². The van der Waals surface area contributed by atoms with E-state index in [-0.39, 0.29) is 16.7 Å². The molecule has 2 nitrogen and oxygen atoms in total. The van der Waals surface area contributed by atoms with Gasteiger partial charge in [0, 0.05) is 17.2 Å². The van der Waals surface area contributed by atoms with Gasteiger partial charge in [-0.05, 0) is 59.5 Å². The van der Waals surface area contributed by atoms with Crippen LogP contribution in [0.15, 0.2) is 91.0 Å². The molecule has 0 bridgehead atoms. The van der Waals surface area contributed by atoms with Crippen molar-refractivity contribution in [2.24, 2.45) is 0 Å². The Morgan fingerprint density at radius 3 is 1.90 bits per heavy atom. The highest BCUT2D eigenvalue weighted by molar-refractivity contribution is 5.71. The molecule has 11 heteroatoms. The van der Waals surface area contributed by atoms with E-state index in [1.807, 2.05) is 6.92 Å². The molecule has 4 aromatic carbocycles. The molecule has 0 N–H and O–H groups in total. The molecule has 0 amide bonds. The maximum Gasteiger partial charge on any atom is 0.426 e. The topological polar surface area (TPSA) is 18.5 Å². The van der Waals surface area contributed by atoms with Crippen LogP contribution < -0.4 is 9.47 Å². The van der Waals surface area contributed by atoms with E-state index in [1.54, 1.807) is 12.1 Å². The molecule has 0 radical (unpaired) electrons. The lowest BCUT2D eigenvalue weighted by molar-refractivity contribution is -0.185. The first kappa shape index (κ1) is 30.5. The Balaban J connectivity index is 1.49. The van der Waals surface area contributed by atoms with Crippen LogP contribution in [0.3, 0.4) is 0 Å². The summed E-state index contributed by atoms with van der Waals surface area (Å²) in [5, 5.41) is 0. The number of hydrogen-bond donors (Lipinski definition) is 0. The Hall–Kier alpha value is -4.41. The highest BCUT2D eigenvalue weighted by Crippen LogP contribution is 2.36. The van der Waals surface area contributed by atoms with Crippen LogP contribution in [0.5, 0.6) is 11.5 Å². The van der Waals surface area contributed by atoms with Gasteiger partial charge in [0.15, 0.2) is 11.6 Å². The normalized spacial score (nSPS) is 11.8. The average Bonchev–Trinajstić information content (AvgIpc) is 2.90. The Kier molecular flexibility index (Phi) is 8.89. The molecule has 0 fully saturated rings. The molecular formula is C31H21F9O2. The largest absolute Gasteiger partial charge is 0.429 e. The Bertz CT molecular complexity index is 1600. The van der Waals surface area contributed by atoms with Crippen molar-refractivity contribution in [2.45, 2.75) is 32.0 Å². The van der Waals surface area contributed by atoms with Crippen LogP contribution in [0.2, 0.25) is 0 Å². The van der Waals surface area contributed by atoms with Gasteiger partial charge in [0.2, 0.25) is 0 Å². The molecule has 0 saturated carbocycles. The van der Waals surface area contributed by atoms with Crippen molar-refractivity contribution < 1.29 is 49.0 Å². The Morgan fingerprint density at radius 2 is 1.31 bits per heavy atom. The van der Waals surface area contributed by atoms with E-state index in [1.165, 1.54) is 30.3 Å². The van der Waals surface area contributed by atoms with Gasteiger partial charge in [0.1, 0.15) is 17.4 Å². The highest BCUT2D eigenvalue weighted by Gasteiger charge is 2.36. The molecule has 220 valence electrons. The molecule has 0 aliphatic heterocycles. The second-order valence-electron chi connectivity index (χ2n) is 9.15. The summed E-state index contributed by atoms with van der Waals surface area (Å²) in [6.07, 6.45) is -10.7. The molecule has 0 aliphatic carbocycles. The summed E-state index contributed by atoms with van der Waals surface area (Å²) in [4.78, 5) is 0. The van der Waals surface area contributed by atoms with Gasteiger partial charge in [-0.3, -0.25) is 0 Å². The lowest BCUT2D eigenvalue weighted by Crippen LogP contribution is -2.23. The van der Waals surface area contributed by atoms with Crippen molar-refractivity contribution in [3.05, 3.63) is 120 Å². The number of benzene rings is 4. The number of rotatable bonds is 10. The fraction of sp³-hybridized carbons (Fsp3) is 0.161. The van der Waals surface area contributed by atoms with Gasteiger partial charge in [0.25, 0.3) is 6.08 Å². The van der Waals surface area contributed by atoms with E-state index >= 15 is 0 Å². The summed E-state index contributed by atoms with van der Waals surface area (Å²) in [5.41, 5.74) is 0.917. The molecule has 42 heavy (non-hydrogen) atoms. The van der Waals surface area contributed by atoms with E-state index in [0.717, 1.165) is 30.2 Å². The maximum absolute atomic E-state index is 15.0. The molecule has 0 atom stereocenters. The first-order valence-corrected chi connectivity index (χ1v) is 12.4. The number of halogens is 9. The van der Waals surface area contributed by atoms with Crippen molar-refractivity contribution in [1.29, 1.82) is 0 Å². The van der Waals surface area contributed by atoms with Gasteiger partial charge in [-0.15, -0.1) is 0 Å². The van der Waals surface area contributed by atoms with E-state index in [9.17, 15) is 39.5 Å². The summed E-state index contributed by atoms with van der Waals surface area (Å²) in [6.45, 7) is 1.97. The van der Waals surface area contributed by atoms with Crippen LogP contribution in [0, 0.1) is 17.5 Å². The Labute approximate surface area is 234 Å². The standard InChI is InChI=1S/C31H21F9O2/c1-2-3-18-4-11-24(25(32)14-18)20-7-12-23(26(33)15-20)19-5-8-21(9-6-19)31(39,40)41-22-10-13-28(27(34)16-22)42-30(37,38)17-29(35)36/h4-17H,2-3H2,1H3. The smallest absolute Gasteiger partial charge is 0.426 e. The van der Waals surface area contributed by atoms with Crippen molar-refractivity contribution in [3.8, 4) is 33.8 Å². The minimum absolute atomic E-state index is 0.0643. The summed E-state index contributed by atoms with van der Waals surface area (Å²) in [6, 6.07) is 14.6. The monoisotopic (exact) mass is 596 g/mol. The highest BCUT2D eigenvalue weighted by atomic mass is 19.3. The van der Waals surface area contributed by atoms with Crippen molar-refractivity contribution in [3.63, 3.8) is 0 Å². The SMILES string of the molecule is CCCc1ccc(-c2ccc(-c3ccc(C(F)(F)Oc4ccc(OC(F)(F)C=C(F)F)c(F)c4)cc3)c(F)c2)c(F)c1. The summed E-state index contributed by atoms with van der Waals surface area (Å²) >= 11 is 0. The van der Waals surface area contributed by atoms with Gasteiger partial charge in [0.05, 0.1) is 11.6 Å². The minimum atomic E-state index is -4.55. The third-order valence-electron chi connectivity index (χ3n) is 6.06. The second-order valence-corrected chi connectivity index (χ2v) is 9.15. The maximum atomic E-state index is 15.0. The summed E-state index contributed by atoms with van der Waals surface area (Å²) < 4.78 is 132. The lowest BCUT2D eigenvalue weighted by Gasteiger charge is -2.20. The fourth-order valence-electron chi connectivity index (χ4n) is 4.14. The number of ether oxygens (including phenoxy) is 2. The minimum Gasteiger partial charge on any atom is -0.429 e. The molecule has 0 saturated heterocycles. The summed E-state index contributed by atoms with van der Waals surface area (Å²) in [5.74, 6) is -4.73. The van der Waals surface area contributed by atoms with Crippen molar-refractivity contribution in [1.82, 2.24) is 0 Å². The average molecular weight is 596 g/mol. The summed E-state index contributed by atoms with van der Waals surface area (Å²) in [7, 11) is 0. The molecule has 0 spiro atoms. The zero-order valence-electron chi connectivity index (χ0n) is 21.7. The zero-order chi connectivity index (χ0) is 30.7. The number of aryl methyl sites for hydroxylation is 1. The van der Waals surface area contributed by atoms with Gasteiger partial charge < -0.3 is 9.47 Å². The van der Waals surface area contributed by atoms with Crippen LogP contribution in [0.1, 0.15) is 24.5 Å². The second kappa shape index (κ2) is 12.2. The van der Waals surface area contributed by atoms with Crippen LogP contribution in [0.25, 0.3) is 22.3 Å². The predicted octanol–water partition coefficient (Wildman–Crippen LogP) is 10.3. The predicted molar refractivity (Wildman–Crippen MR) is 138 cm³/mol. The fourth-order valence-corrected chi connectivity index (χ4v) is 4.14. The first-order chi connectivity index (χ1) is 19.8. The van der Waals surface area contributed by atoms with Gasteiger partial charge in [-0.1, -0.05) is 49.7 Å². The third-order valence-corrected chi connectivity index (χ3v) is 6.06. The zero-order valence-corrected chi connectivity index (χ0v) is 21.7. The van der Waals surface area contributed by atoms with E-state index in [4.69, 9.17) is 0 Å². The van der Waals surface area contributed by atoms with Crippen molar-refractivity contribution >= 4 is 0 Å². The molecule has 0 unspecified atom stereocenters. The van der Waals surface area contributed by atoms with Gasteiger partial charge in [-0.2, -0.15) is 26.3 Å². The molecule has 0 aromatic heterocycles. The van der Waals surface area contributed by atoms with Gasteiger partial charge >= 0.3 is 12.2 Å². The number of hydrogen-bond acceptors (Lipinski definition) is 2. The van der Waals surface area contributed by atoms with Crippen LogP contribution in [-0.2, 0) is 12.5 Å². The Morgan fingerprint density at radius 1 is 0.690 bits per heavy atom. The van der Waals surface area contributed by atoms with E-state index in [2.05, 4.69) is 9.47 Å². The van der Waals surface area contributed by atoms with Crippen LogP contribution >= 0.6 is 0 Å². The van der Waals surface area contributed by atoms with Crippen molar-refractivity contribution in [2.75, 3.05) is 0 Å². The lowest BCUT2D eigenvalue weighted by atomic mass is 9.97. The third kappa shape index (κ3) is 7.26.